The van der Waals surface area contributed by atoms with Gasteiger partial charge in [0, 0.05) is 38.2 Å². The van der Waals surface area contributed by atoms with Crippen LogP contribution in [0.15, 0.2) is 9.52 Å². The smallest absolute Gasteiger partial charge is 0.191 e. The van der Waals surface area contributed by atoms with Gasteiger partial charge in [-0.3, -0.25) is 4.99 Å². The van der Waals surface area contributed by atoms with Crippen molar-refractivity contribution in [1.29, 1.82) is 0 Å². The molecule has 1 aliphatic heterocycles. The molecule has 2 unspecified atom stereocenters. The first-order chi connectivity index (χ1) is 10.1. The second-order valence-corrected chi connectivity index (χ2v) is 5.61. The lowest BCUT2D eigenvalue weighted by atomic mass is 10.00. The lowest BCUT2D eigenvalue weighted by molar-refractivity contribution is 0.114. The highest BCUT2D eigenvalue weighted by molar-refractivity contribution is 5.79. The van der Waals surface area contributed by atoms with E-state index in [-0.39, 0.29) is 0 Å². The topological polar surface area (TPSA) is 71.7 Å². The lowest BCUT2D eigenvalue weighted by Crippen LogP contribution is -2.42. The average molecular weight is 294 g/mol. The van der Waals surface area contributed by atoms with Crippen molar-refractivity contribution in [2.45, 2.75) is 45.6 Å². The van der Waals surface area contributed by atoms with Crippen LogP contribution in [0.25, 0.3) is 0 Å². The first-order valence-corrected chi connectivity index (χ1v) is 7.60. The monoisotopic (exact) mass is 294 g/mol. The molecule has 1 fully saturated rings. The number of nitrogens with one attached hydrogen (secondary N) is 2. The van der Waals surface area contributed by atoms with Crippen molar-refractivity contribution in [3.8, 4) is 0 Å². The number of hydrogen-bond acceptors (Lipinski definition) is 4. The zero-order valence-corrected chi connectivity index (χ0v) is 13.4. The first kappa shape index (κ1) is 15.8. The Bertz CT molecular complexity index is 459. The molecule has 1 aromatic rings. The summed E-state index contributed by atoms with van der Waals surface area (Å²) < 4.78 is 10.8. The van der Waals surface area contributed by atoms with Crippen molar-refractivity contribution in [3.05, 3.63) is 17.0 Å². The Morgan fingerprint density at radius 3 is 2.81 bits per heavy atom. The normalized spacial score (nSPS) is 20.6. The fourth-order valence-corrected chi connectivity index (χ4v) is 2.78. The van der Waals surface area contributed by atoms with Gasteiger partial charge in [0.2, 0.25) is 0 Å². The molecule has 1 aliphatic rings. The van der Waals surface area contributed by atoms with E-state index in [1.807, 2.05) is 13.8 Å². The maximum absolute atomic E-state index is 5.60. The molecule has 21 heavy (non-hydrogen) atoms. The van der Waals surface area contributed by atoms with Crippen molar-refractivity contribution in [2.75, 3.05) is 26.7 Å². The molecule has 0 radical (unpaired) electrons. The SMILES string of the molecule is CN=C(NCC1CCCO1)NCC(C)c1c(C)noc1C. The summed E-state index contributed by atoms with van der Waals surface area (Å²) in [5, 5.41) is 10.7. The molecule has 6 nitrogen and oxygen atoms in total. The summed E-state index contributed by atoms with van der Waals surface area (Å²) in [5.41, 5.74) is 2.14. The Morgan fingerprint density at radius 2 is 2.24 bits per heavy atom. The Morgan fingerprint density at radius 1 is 1.43 bits per heavy atom. The van der Waals surface area contributed by atoms with Gasteiger partial charge in [0.25, 0.3) is 0 Å². The van der Waals surface area contributed by atoms with Gasteiger partial charge in [0.15, 0.2) is 5.96 Å². The van der Waals surface area contributed by atoms with E-state index in [4.69, 9.17) is 9.26 Å². The van der Waals surface area contributed by atoms with E-state index in [1.54, 1.807) is 7.05 Å². The van der Waals surface area contributed by atoms with Gasteiger partial charge in [0.1, 0.15) is 5.76 Å². The second-order valence-electron chi connectivity index (χ2n) is 5.61. The van der Waals surface area contributed by atoms with Gasteiger partial charge in [-0.1, -0.05) is 12.1 Å². The minimum absolute atomic E-state index is 0.309. The Kier molecular flexibility index (Phi) is 5.61. The quantitative estimate of drug-likeness (QED) is 0.639. The summed E-state index contributed by atoms with van der Waals surface area (Å²) in [6, 6.07) is 0. The zero-order chi connectivity index (χ0) is 15.2. The Balaban J connectivity index is 1.79. The van der Waals surface area contributed by atoms with Gasteiger partial charge in [0.05, 0.1) is 11.8 Å². The highest BCUT2D eigenvalue weighted by atomic mass is 16.5. The molecular formula is C15H26N4O2. The third-order valence-corrected chi connectivity index (χ3v) is 3.90. The van der Waals surface area contributed by atoms with Crippen LogP contribution in [0.2, 0.25) is 0 Å². The second kappa shape index (κ2) is 7.45. The van der Waals surface area contributed by atoms with Crippen LogP contribution >= 0.6 is 0 Å². The number of ether oxygens (including phenoxy) is 1. The zero-order valence-electron chi connectivity index (χ0n) is 13.4. The first-order valence-electron chi connectivity index (χ1n) is 7.60. The summed E-state index contributed by atoms with van der Waals surface area (Å²) in [6.45, 7) is 8.56. The summed E-state index contributed by atoms with van der Waals surface area (Å²) in [7, 11) is 1.78. The van der Waals surface area contributed by atoms with Crippen molar-refractivity contribution in [2.24, 2.45) is 4.99 Å². The Hall–Kier alpha value is -1.56. The molecule has 2 rings (SSSR count). The van der Waals surface area contributed by atoms with Gasteiger partial charge in [-0.2, -0.15) is 0 Å². The van der Waals surface area contributed by atoms with Gasteiger partial charge in [-0.05, 0) is 26.7 Å². The predicted octanol–water partition coefficient (Wildman–Crippen LogP) is 1.74. The molecule has 0 aromatic carbocycles. The predicted molar refractivity (Wildman–Crippen MR) is 82.7 cm³/mol. The molecule has 0 spiro atoms. The van der Waals surface area contributed by atoms with E-state index < -0.39 is 0 Å². The molecule has 118 valence electrons. The average Bonchev–Trinajstić information content (AvgIpc) is 3.09. The summed E-state index contributed by atoms with van der Waals surface area (Å²) in [4.78, 5) is 4.25. The van der Waals surface area contributed by atoms with Crippen molar-refractivity contribution in [1.82, 2.24) is 15.8 Å². The van der Waals surface area contributed by atoms with E-state index >= 15 is 0 Å². The summed E-state index contributed by atoms with van der Waals surface area (Å²) in [6.07, 6.45) is 2.59. The van der Waals surface area contributed by atoms with Gasteiger partial charge in [-0.15, -0.1) is 0 Å². The van der Waals surface area contributed by atoms with E-state index in [2.05, 4.69) is 27.7 Å². The molecule has 0 saturated carbocycles. The summed E-state index contributed by atoms with van der Waals surface area (Å²) >= 11 is 0. The Labute approximate surface area is 126 Å². The van der Waals surface area contributed by atoms with Gasteiger partial charge >= 0.3 is 0 Å². The lowest BCUT2D eigenvalue weighted by Gasteiger charge is -2.17. The van der Waals surface area contributed by atoms with Gasteiger partial charge in [-0.25, -0.2) is 0 Å². The number of aryl methyl sites for hydroxylation is 2. The van der Waals surface area contributed by atoms with Crippen molar-refractivity contribution < 1.29 is 9.26 Å². The van der Waals surface area contributed by atoms with Crippen LogP contribution in [0.4, 0.5) is 0 Å². The van der Waals surface area contributed by atoms with Crippen LogP contribution in [0.1, 0.15) is 42.7 Å². The molecule has 1 saturated heterocycles. The number of aromatic nitrogens is 1. The standard InChI is InChI=1S/C15H26N4O2/c1-10(14-11(2)19-21-12(14)3)8-17-15(16-4)18-9-13-6-5-7-20-13/h10,13H,5-9H2,1-4H3,(H2,16,17,18). The fourth-order valence-electron chi connectivity index (χ4n) is 2.78. The van der Waals surface area contributed by atoms with Crippen molar-refractivity contribution >= 4 is 5.96 Å². The van der Waals surface area contributed by atoms with Crippen LogP contribution in [0.3, 0.4) is 0 Å². The maximum Gasteiger partial charge on any atom is 0.191 e. The molecule has 2 atom stereocenters. The minimum atomic E-state index is 0.309. The molecule has 2 heterocycles. The number of rotatable bonds is 5. The molecular weight excluding hydrogens is 268 g/mol. The number of nitrogens with zero attached hydrogens (tertiary/aromatic N) is 2. The van der Waals surface area contributed by atoms with E-state index in [1.165, 1.54) is 5.56 Å². The van der Waals surface area contributed by atoms with Gasteiger partial charge < -0.3 is 19.9 Å². The van der Waals surface area contributed by atoms with E-state index in [0.717, 1.165) is 50.0 Å². The van der Waals surface area contributed by atoms with Crippen LogP contribution in [0.5, 0.6) is 0 Å². The summed E-state index contributed by atoms with van der Waals surface area (Å²) in [5.74, 6) is 2.02. The number of aliphatic imine (C=N–C) groups is 1. The fraction of sp³-hybridized carbons (Fsp3) is 0.733. The molecule has 1 aromatic heterocycles. The van der Waals surface area contributed by atoms with Crippen LogP contribution in [-0.2, 0) is 4.74 Å². The number of guanidine groups is 1. The molecule has 6 heteroatoms. The molecule has 0 amide bonds. The third kappa shape index (κ3) is 4.20. The highest BCUT2D eigenvalue weighted by Gasteiger charge is 2.18. The largest absolute Gasteiger partial charge is 0.376 e. The number of hydrogen-bond donors (Lipinski definition) is 2. The van der Waals surface area contributed by atoms with Crippen molar-refractivity contribution in [3.63, 3.8) is 0 Å². The highest BCUT2D eigenvalue weighted by Crippen LogP contribution is 2.22. The molecule has 0 bridgehead atoms. The third-order valence-electron chi connectivity index (χ3n) is 3.90. The van der Waals surface area contributed by atoms with Crippen LogP contribution < -0.4 is 10.6 Å². The van der Waals surface area contributed by atoms with E-state index in [0.29, 0.717) is 12.0 Å². The molecule has 0 aliphatic carbocycles. The van der Waals surface area contributed by atoms with E-state index in [9.17, 15) is 0 Å². The van der Waals surface area contributed by atoms with Crippen LogP contribution in [-0.4, -0.2) is 44.0 Å². The maximum atomic E-state index is 5.60. The molecule has 2 N–H and O–H groups in total. The minimum Gasteiger partial charge on any atom is -0.376 e. The van der Waals surface area contributed by atoms with Crippen LogP contribution in [0, 0.1) is 13.8 Å².